The fourth-order valence-corrected chi connectivity index (χ4v) is 2.79. The maximum Gasteiger partial charge on any atom is 0.336 e. The molecule has 2 aromatic rings. The van der Waals surface area contributed by atoms with Crippen LogP contribution in [0.2, 0.25) is 0 Å². The second-order valence-electron chi connectivity index (χ2n) is 4.17. The standard InChI is InChI=1S/C15H14O3S/c1-10-6-7-14(12(8-10)15(17)18)19-13-5-3-2-4-11(13)9-16/h2-8,16H,9H2,1H3,(H,17,18). The number of hydrogen-bond donors (Lipinski definition) is 2. The lowest BCUT2D eigenvalue weighted by atomic mass is 10.1. The van der Waals surface area contributed by atoms with Gasteiger partial charge in [0.15, 0.2) is 0 Å². The number of aryl methyl sites for hydroxylation is 1. The number of hydrogen-bond acceptors (Lipinski definition) is 3. The minimum atomic E-state index is -0.937. The van der Waals surface area contributed by atoms with Gasteiger partial charge < -0.3 is 10.2 Å². The van der Waals surface area contributed by atoms with E-state index in [2.05, 4.69) is 0 Å². The number of aliphatic hydroxyl groups is 1. The molecule has 0 radical (unpaired) electrons. The first-order valence-corrected chi connectivity index (χ1v) is 6.64. The SMILES string of the molecule is Cc1ccc(Sc2ccccc2CO)c(C(=O)O)c1. The summed E-state index contributed by atoms with van der Waals surface area (Å²) in [4.78, 5) is 12.8. The lowest BCUT2D eigenvalue weighted by molar-refractivity contribution is 0.0693. The highest BCUT2D eigenvalue weighted by molar-refractivity contribution is 7.99. The van der Waals surface area contributed by atoms with Gasteiger partial charge in [-0.25, -0.2) is 4.79 Å². The van der Waals surface area contributed by atoms with E-state index in [1.165, 1.54) is 11.8 Å². The largest absolute Gasteiger partial charge is 0.478 e. The van der Waals surface area contributed by atoms with Crippen LogP contribution in [0.25, 0.3) is 0 Å². The summed E-state index contributed by atoms with van der Waals surface area (Å²) in [6.07, 6.45) is 0. The highest BCUT2D eigenvalue weighted by Gasteiger charge is 2.12. The summed E-state index contributed by atoms with van der Waals surface area (Å²) in [7, 11) is 0. The van der Waals surface area contributed by atoms with Crippen molar-refractivity contribution in [3.63, 3.8) is 0 Å². The van der Waals surface area contributed by atoms with Crippen molar-refractivity contribution in [3.05, 3.63) is 59.2 Å². The molecular weight excluding hydrogens is 260 g/mol. The lowest BCUT2D eigenvalue weighted by Gasteiger charge is -2.09. The molecule has 3 nitrogen and oxygen atoms in total. The molecule has 0 aliphatic rings. The maximum absolute atomic E-state index is 11.3. The van der Waals surface area contributed by atoms with Gasteiger partial charge >= 0.3 is 5.97 Å². The smallest absolute Gasteiger partial charge is 0.336 e. The highest BCUT2D eigenvalue weighted by atomic mass is 32.2. The summed E-state index contributed by atoms with van der Waals surface area (Å²) in [5, 5.41) is 18.5. The molecule has 2 rings (SSSR count). The van der Waals surface area contributed by atoms with Crippen LogP contribution in [0.4, 0.5) is 0 Å². The zero-order chi connectivity index (χ0) is 13.8. The third-order valence-corrected chi connectivity index (χ3v) is 3.92. The van der Waals surface area contributed by atoms with E-state index in [-0.39, 0.29) is 12.2 Å². The van der Waals surface area contributed by atoms with Crippen LogP contribution in [0.1, 0.15) is 21.5 Å². The third kappa shape index (κ3) is 3.16. The Kier molecular flexibility index (Phi) is 4.24. The van der Waals surface area contributed by atoms with E-state index in [0.29, 0.717) is 4.90 Å². The van der Waals surface area contributed by atoms with Crippen molar-refractivity contribution in [2.24, 2.45) is 0 Å². The first-order chi connectivity index (χ1) is 9.11. The molecule has 4 heteroatoms. The van der Waals surface area contributed by atoms with Crippen LogP contribution >= 0.6 is 11.8 Å². The fraction of sp³-hybridized carbons (Fsp3) is 0.133. The molecule has 0 aromatic heterocycles. The van der Waals surface area contributed by atoms with Crippen molar-refractivity contribution in [2.75, 3.05) is 0 Å². The molecule has 0 unspecified atom stereocenters. The fourth-order valence-electron chi connectivity index (χ4n) is 1.75. The first kappa shape index (κ1) is 13.6. The maximum atomic E-state index is 11.3. The van der Waals surface area contributed by atoms with Crippen LogP contribution in [0, 0.1) is 6.92 Å². The molecule has 0 atom stereocenters. The van der Waals surface area contributed by atoms with E-state index in [1.807, 2.05) is 37.3 Å². The molecular formula is C15H14O3S. The average Bonchev–Trinajstić information content (AvgIpc) is 2.41. The molecule has 2 aromatic carbocycles. The van der Waals surface area contributed by atoms with E-state index in [0.717, 1.165) is 16.0 Å². The second kappa shape index (κ2) is 5.91. The van der Waals surface area contributed by atoms with Gasteiger partial charge in [0.25, 0.3) is 0 Å². The van der Waals surface area contributed by atoms with Gasteiger partial charge in [0.2, 0.25) is 0 Å². The monoisotopic (exact) mass is 274 g/mol. The van der Waals surface area contributed by atoms with Gasteiger partial charge in [0.05, 0.1) is 12.2 Å². The van der Waals surface area contributed by atoms with Crippen LogP contribution < -0.4 is 0 Å². The normalized spacial score (nSPS) is 10.4. The minimum Gasteiger partial charge on any atom is -0.478 e. The Balaban J connectivity index is 2.41. The molecule has 0 aliphatic carbocycles. The van der Waals surface area contributed by atoms with Crippen molar-refractivity contribution >= 4 is 17.7 Å². The van der Waals surface area contributed by atoms with Gasteiger partial charge in [0.1, 0.15) is 0 Å². The summed E-state index contributed by atoms with van der Waals surface area (Å²) in [6, 6.07) is 12.8. The predicted molar refractivity (Wildman–Crippen MR) is 74.6 cm³/mol. The molecule has 98 valence electrons. The molecule has 2 N–H and O–H groups in total. The molecule has 0 saturated heterocycles. The van der Waals surface area contributed by atoms with Crippen LogP contribution in [0.15, 0.2) is 52.3 Å². The van der Waals surface area contributed by atoms with Gasteiger partial charge in [-0.15, -0.1) is 0 Å². The Bertz CT molecular complexity index is 608. The Hall–Kier alpha value is -1.78. The zero-order valence-electron chi connectivity index (χ0n) is 10.5. The summed E-state index contributed by atoms with van der Waals surface area (Å²) in [6.45, 7) is 1.81. The zero-order valence-corrected chi connectivity index (χ0v) is 11.3. The molecule has 0 saturated carbocycles. The summed E-state index contributed by atoms with van der Waals surface area (Å²) < 4.78 is 0. The van der Waals surface area contributed by atoms with Crippen molar-refractivity contribution in [1.29, 1.82) is 0 Å². The van der Waals surface area contributed by atoms with E-state index < -0.39 is 5.97 Å². The lowest BCUT2D eigenvalue weighted by Crippen LogP contribution is -1.99. The predicted octanol–water partition coefficient (Wildman–Crippen LogP) is 3.34. The topological polar surface area (TPSA) is 57.5 Å². The van der Waals surface area contributed by atoms with E-state index in [9.17, 15) is 15.0 Å². The number of rotatable bonds is 4. The number of carbonyl (C=O) groups is 1. The van der Waals surface area contributed by atoms with Gasteiger partial charge in [-0.05, 0) is 30.7 Å². The van der Waals surface area contributed by atoms with Crippen LogP contribution in [-0.2, 0) is 6.61 Å². The van der Waals surface area contributed by atoms with Gasteiger partial charge in [-0.3, -0.25) is 0 Å². The van der Waals surface area contributed by atoms with Crippen LogP contribution in [0.5, 0.6) is 0 Å². The van der Waals surface area contributed by atoms with Gasteiger partial charge in [-0.2, -0.15) is 0 Å². The number of benzene rings is 2. The van der Waals surface area contributed by atoms with Gasteiger partial charge in [0, 0.05) is 9.79 Å². The van der Waals surface area contributed by atoms with E-state index >= 15 is 0 Å². The van der Waals surface area contributed by atoms with Crippen molar-refractivity contribution in [3.8, 4) is 0 Å². The van der Waals surface area contributed by atoms with Crippen LogP contribution in [-0.4, -0.2) is 16.2 Å². The molecule has 0 heterocycles. The highest BCUT2D eigenvalue weighted by Crippen LogP contribution is 2.33. The third-order valence-electron chi connectivity index (χ3n) is 2.73. The Morgan fingerprint density at radius 3 is 2.58 bits per heavy atom. The van der Waals surface area contributed by atoms with Crippen molar-refractivity contribution in [1.82, 2.24) is 0 Å². The van der Waals surface area contributed by atoms with Crippen LogP contribution in [0.3, 0.4) is 0 Å². The number of aromatic carboxylic acids is 1. The van der Waals surface area contributed by atoms with Crippen molar-refractivity contribution in [2.45, 2.75) is 23.3 Å². The first-order valence-electron chi connectivity index (χ1n) is 5.82. The molecule has 0 bridgehead atoms. The van der Waals surface area contributed by atoms with E-state index in [4.69, 9.17) is 0 Å². The summed E-state index contributed by atoms with van der Waals surface area (Å²) in [5.74, 6) is -0.937. The number of carboxylic acids is 1. The number of carboxylic acid groups (broad SMARTS) is 1. The Labute approximate surface area is 115 Å². The number of aliphatic hydroxyl groups excluding tert-OH is 1. The molecule has 19 heavy (non-hydrogen) atoms. The minimum absolute atomic E-state index is 0.0581. The summed E-state index contributed by atoms with van der Waals surface area (Å²) in [5.41, 5.74) is 2.00. The van der Waals surface area contributed by atoms with Gasteiger partial charge in [-0.1, -0.05) is 41.6 Å². The Morgan fingerprint density at radius 2 is 1.89 bits per heavy atom. The summed E-state index contributed by atoms with van der Waals surface area (Å²) >= 11 is 1.36. The van der Waals surface area contributed by atoms with E-state index in [1.54, 1.807) is 12.1 Å². The molecule has 0 spiro atoms. The molecule has 0 fully saturated rings. The molecule has 0 amide bonds. The Morgan fingerprint density at radius 1 is 1.16 bits per heavy atom. The average molecular weight is 274 g/mol. The molecule has 0 aliphatic heterocycles. The second-order valence-corrected chi connectivity index (χ2v) is 5.26. The quantitative estimate of drug-likeness (QED) is 0.897. The van der Waals surface area contributed by atoms with Crippen molar-refractivity contribution < 1.29 is 15.0 Å².